The van der Waals surface area contributed by atoms with E-state index in [0.717, 1.165) is 22.7 Å². The number of benzene rings is 2. The molecule has 2 aromatic heterocycles. The maximum Gasteiger partial charge on any atom is 0.274 e. The number of aromatic nitrogens is 3. The lowest BCUT2D eigenvalue weighted by atomic mass is 10.1. The van der Waals surface area contributed by atoms with Crippen LogP contribution in [0.1, 0.15) is 10.5 Å². The maximum atomic E-state index is 13.2. The van der Waals surface area contributed by atoms with Crippen molar-refractivity contribution >= 4 is 28.7 Å². The van der Waals surface area contributed by atoms with Gasteiger partial charge in [0.2, 0.25) is 0 Å². The van der Waals surface area contributed by atoms with E-state index in [2.05, 4.69) is 30.5 Å². The molecule has 2 aromatic carbocycles. The Morgan fingerprint density at radius 1 is 1.03 bits per heavy atom. The molecule has 0 radical (unpaired) electrons. The number of nitrogens with zero attached hydrogens (tertiary/aromatic N) is 4. The van der Waals surface area contributed by atoms with Gasteiger partial charge in [-0.1, -0.05) is 42.5 Å². The molecule has 8 heteroatoms. The van der Waals surface area contributed by atoms with E-state index < -0.39 is 0 Å². The average molecular weight is 445 g/mol. The van der Waals surface area contributed by atoms with Crippen molar-refractivity contribution in [1.82, 2.24) is 19.9 Å². The van der Waals surface area contributed by atoms with Gasteiger partial charge in [0.25, 0.3) is 5.91 Å². The number of amides is 1. The van der Waals surface area contributed by atoms with Gasteiger partial charge in [-0.05, 0) is 26.2 Å². The smallest absolute Gasteiger partial charge is 0.274 e. The second-order valence-corrected chi connectivity index (χ2v) is 8.29. The van der Waals surface area contributed by atoms with Crippen molar-refractivity contribution in [2.75, 3.05) is 37.8 Å². The molecule has 4 aromatic rings. The highest BCUT2D eigenvalue weighted by Gasteiger charge is 2.16. The largest absolute Gasteiger partial charge is 0.369 e. The number of hydrogen-bond donors (Lipinski definition) is 2. The second kappa shape index (κ2) is 10.1. The van der Waals surface area contributed by atoms with Gasteiger partial charge in [0.15, 0.2) is 5.82 Å². The first-order chi connectivity index (χ1) is 15.6. The average Bonchev–Trinajstić information content (AvgIpc) is 3.34. The lowest BCUT2D eigenvalue weighted by molar-refractivity contribution is 0.102. The van der Waals surface area contributed by atoms with E-state index in [0.29, 0.717) is 29.6 Å². The van der Waals surface area contributed by atoms with Crippen molar-refractivity contribution in [2.45, 2.75) is 0 Å². The van der Waals surface area contributed by atoms with Crippen LogP contribution in [0.3, 0.4) is 0 Å². The predicted octanol–water partition coefficient (Wildman–Crippen LogP) is 4.49. The Bertz CT molecular complexity index is 1180. The van der Waals surface area contributed by atoms with Crippen LogP contribution < -0.4 is 10.6 Å². The number of para-hydroxylation sites is 1. The Hall–Kier alpha value is -3.62. The zero-order valence-electron chi connectivity index (χ0n) is 17.9. The predicted molar refractivity (Wildman–Crippen MR) is 130 cm³/mol. The fraction of sp³-hybridized carbons (Fsp3) is 0.167. The Kier molecular flexibility index (Phi) is 6.84. The molecule has 0 aliphatic carbocycles. The molecule has 0 bridgehead atoms. The van der Waals surface area contributed by atoms with Crippen molar-refractivity contribution in [3.05, 3.63) is 77.9 Å². The molecule has 1 amide bonds. The van der Waals surface area contributed by atoms with Crippen molar-refractivity contribution in [3.63, 3.8) is 0 Å². The number of rotatable bonds is 8. The summed E-state index contributed by atoms with van der Waals surface area (Å²) in [4.78, 5) is 28.8. The molecular formula is C24H24N6OS. The number of anilines is 2. The molecule has 0 aliphatic heterocycles. The lowest BCUT2D eigenvalue weighted by Crippen LogP contribution is -2.22. The van der Waals surface area contributed by atoms with Gasteiger partial charge in [0.05, 0.1) is 5.69 Å². The molecule has 0 saturated carbocycles. The summed E-state index contributed by atoms with van der Waals surface area (Å²) in [6, 6.07) is 19.0. The van der Waals surface area contributed by atoms with E-state index in [9.17, 15) is 4.79 Å². The zero-order chi connectivity index (χ0) is 22.3. The summed E-state index contributed by atoms with van der Waals surface area (Å²) in [6.45, 7) is 1.54. The quantitative estimate of drug-likeness (QED) is 0.417. The fourth-order valence-electron chi connectivity index (χ4n) is 3.10. The minimum Gasteiger partial charge on any atom is -0.369 e. The van der Waals surface area contributed by atoms with Gasteiger partial charge < -0.3 is 15.5 Å². The highest BCUT2D eigenvalue weighted by Crippen LogP contribution is 2.29. The SMILES string of the molecule is CN(C)CCNc1cc(C(=O)Nc2ccccc2-c2nccs2)nc(-c2ccccc2)n1. The van der Waals surface area contributed by atoms with E-state index in [1.165, 1.54) is 11.3 Å². The van der Waals surface area contributed by atoms with Crippen LogP contribution in [0.15, 0.2) is 72.2 Å². The third-order valence-electron chi connectivity index (χ3n) is 4.69. The van der Waals surface area contributed by atoms with E-state index in [-0.39, 0.29) is 5.91 Å². The van der Waals surface area contributed by atoms with Gasteiger partial charge in [0.1, 0.15) is 16.5 Å². The summed E-state index contributed by atoms with van der Waals surface area (Å²) < 4.78 is 0. The summed E-state index contributed by atoms with van der Waals surface area (Å²) in [5.41, 5.74) is 2.70. The Morgan fingerprint density at radius 2 is 1.81 bits per heavy atom. The monoisotopic (exact) mass is 444 g/mol. The maximum absolute atomic E-state index is 13.2. The number of likely N-dealkylation sites (N-methyl/N-ethyl adjacent to an activating group) is 1. The molecule has 2 N–H and O–H groups in total. The first kappa shape index (κ1) is 21.6. The van der Waals surface area contributed by atoms with Crippen LogP contribution in [-0.2, 0) is 0 Å². The Labute approximate surface area is 191 Å². The summed E-state index contributed by atoms with van der Waals surface area (Å²) in [7, 11) is 4.02. The number of thiazole rings is 1. The molecule has 0 fully saturated rings. The van der Waals surface area contributed by atoms with E-state index in [1.54, 1.807) is 12.3 Å². The van der Waals surface area contributed by atoms with Gasteiger partial charge in [-0.3, -0.25) is 4.79 Å². The standard InChI is InChI=1S/C24H24N6OS/c1-30(2)14-12-25-21-16-20(27-22(29-21)17-8-4-3-5-9-17)23(31)28-19-11-7-6-10-18(19)24-26-13-15-32-24/h3-11,13,15-16H,12,14H2,1-2H3,(H,28,31)(H,25,27,29). The summed E-state index contributed by atoms with van der Waals surface area (Å²) in [5.74, 6) is 0.808. The summed E-state index contributed by atoms with van der Waals surface area (Å²) >= 11 is 1.52. The highest BCUT2D eigenvalue weighted by molar-refractivity contribution is 7.13. The molecule has 2 heterocycles. The number of carbonyl (C=O) groups is 1. The normalized spacial score (nSPS) is 10.8. The first-order valence-electron chi connectivity index (χ1n) is 10.2. The van der Waals surface area contributed by atoms with E-state index in [1.807, 2.05) is 74.1 Å². The topological polar surface area (TPSA) is 83.0 Å². The van der Waals surface area contributed by atoms with Crippen LogP contribution in [0.5, 0.6) is 0 Å². The molecule has 0 spiro atoms. The minimum absolute atomic E-state index is 0.292. The second-order valence-electron chi connectivity index (χ2n) is 7.40. The van der Waals surface area contributed by atoms with Crippen molar-refractivity contribution < 1.29 is 4.79 Å². The van der Waals surface area contributed by atoms with Gasteiger partial charge >= 0.3 is 0 Å². The van der Waals surface area contributed by atoms with E-state index >= 15 is 0 Å². The van der Waals surface area contributed by atoms with Crippen LogP contribution in [0, 0.1) is 0 Å². The highest BCUT2D eigenvalue weighted by atomic mass is 32.1. The molecule has 162 valence electrons. The number of carbonyl (C=O) groups excluding carboxylic acids is 1. The zero-order valence-corrected chi connectivity index (χ0v) is 18.8. The molecule has 0 saturated heterocycles. The van der Waals surface area contributed by atoms with Crippen LogP contribution in [0.25, 0.3) is 22.0 Å². The van der Waals surface area contributed by atoms with Crippen LogP contribution in [0.2, 0.25) is 0 Å². The van der Waals surface area contributed by atoms with Crippen molar-refractivity contribution in [1.29, 1.82) is 0 Å². The van der Waals surface area contributed by atoms with Gasteiger partial charge in [0, 0.05) is 41.9 Å². The van der Waals surface area contributed by atoms with Crippen LogP contribution in [-0.4, -0.2) is 52.9 Å². The minimum atomic E-state index is -0.302. The Morgan fingerprint density at radius 3 is 2.56 bits per heavy atom. The molecule has 32 heavy (non-hydrogen) atoms. The van der Waals surface area contributed by atoms with Crippen molar-refractivity contribution in [2.24, 2.45) is 0 Å². The molecule has 0 aliphatic rings. The van der Waals surface area contributed by atoms with Crippen LogP contribution in [0.4, 0.5) is 11.5 Å². The fourth-order valence-corrected chi connectivity index (χ4v) is 3.78. The van der Waals surface area contributed by atoms with E-state index in [4.69, 9.17) is 0 Å². The molecule has 0 atom stereocenters. The van der Waals surface area contributed by atoms with Crippen molar-refractivity contribution in [3.8, 4) is 22.0 Å². The molecule has 0 unspecified atom stereocenters. The van der Waals surface area contributed by atoms with Gasteiger partial charge in [-0.15, -0.1) is 11.3 Å². The lowest BCUT2D eigenvalue weighted by Gasteiger charge is -2.13. The number of hydrogen-bond acceptors (Lipinski definition) is 7. The summed E-state index contributed by atoms with van der Waals surface area (Å²) in [5, 5.41) is 9.05. The third kappa shape index (κ3) is 5.35. The van der Waals surface area contributed by atoms with Gasteiger partial charge in [-0.25, -0.2) is 15.0 Å². The Balaban J connectivity index is 1.64. The van der Waals surface area contributed by atoms with Gasteiger partial charge in [-0.2, -0.15) is 0 Å². The first-order valence-corrected chi connectivity index (χ1v) is 11.1. The van der Waals surface area contributed by atoms with Crippen LogP contribution >= 0.6 is 11.3 Å². The third-order valence-corrected chi connectivity index (χ3v) is 5.50. The molecular weight excluding hydrogens is 420 g/mol. The molecule has 4 rings (SSSR count). The summed E-state index contributed by atoms with van der Waals surface area (Å²) in [6.07, 6.45) is 1.75. The number of nitrogens with one attached hydrogen (secondary N) is 2. The molecule has 7 nitrogen and oxygen atoms in total.